The second-order valence-corrected chi connectivity index (χ2v) is 11.4. The van der Waals surface area contributed by atoms with E-state index in [1.165, 1.54) is 44.9 Å². The second kappa shape index (κ2) is 7.05. The van der Waals surface area contributed by atoms with Crippen molar-refractivity contribution >= 4 is 0 Å². The molecular weight excluding hydrogens is 330 g/mol. The molecule has 4 aliphatic rings. The largest absolute Gasteiger partial charge is 0.393 e. The molecule has 0 aromatic rings. The molecule has 2 nitrogen and oxygen atoms in total. The first-order valence-corrected chi connectivity index (χ1v) is 11.9. The van der Waals surface area contributed by atoms with E-state index < -0.39 is 0 Å². The molecule has 4 aliphatic carbocycles. The summed E-state index contributed by atoms with van der Waals surface area (Å²) in [6, 6.07) is 2.45. The van der Waals surface area contributed by atoms with E-state index in [0.29, 0.717) is 16.7 Å². The van der Waals surface area contributed by atoms with E-state index in [9.17, 15) is 10.4 Å². The predicted molar refractivity (Wildman–Crippen MR) is 110 cm³/mol. The van der Waals surface area contributed by atoms with Crippen LogP contribution in [0.15, 0.2) is 0 Å². The number of nitriles is 1. The third-order valence-electron chi connectivity index (χ3n) is 10.5. The van der Waals surface area contributed by atoms with Crippen LogP contribution in [0.3, 0.4) is 0 Å². The van der Waals surface area contributed by atoms with Crippen molar-refractivity contribution in [1.82, 2.24) is 0 Å². The molecule has 0 saturated heterocycles. The van der Waals surface area contributed by atoms with Gasteiger partial charge in [0.1, 0.15) is 0 Å². The van der Waals surface area contributed by atoms with E-state index >= 15 is 0 Å². The van der Waals surface area contributed by atoms with Crippen molar-refractivity contribution < 1.29 is 5.11 Å². The maximum atomic E-state index is 10.4. The molecule has 0 radical (unpaired) electrons. The van der Waals surface area contributed by atoms with Crippen LogP contribution in [0.2, 0.25) is 0 Å². The zero-order valence-electron chi connectivity index (χ0n) is 18.1. The predicted octanol–water partition coefficient (Wildman–Crippen LogP) is 6.19. The number of nitrogens with zero attached hydrogens (tertiary/aromatic N) is 1. The monoisotopic (exact) mass is 371 g/mol. The highest BCUT2D eigenvalue weighted by Gasteiger charge is 2.62. The van der Waals surface area contributed by atoms with Gasteiger partial charge in [0.25, 0.3) is 0 Å². The van der Waals surface area contributed by atoms with Gasteiger partial charge in [-0.3, -0.25) is 0 Å². The number of aliphatic hydroxyl groups excluding tert-OH is 1. The minimum Gasteiger partial charge on any atom is -0.393 e. The third-order valence-corrected chi connectivity index (χ3v) is 10.5. The molecule has 1 N–H and O–H groups in total. The Hall–Kier alpha value is -0.550. The van der Waals surface area contributed by atoms with E-state index in [1.54, 1.807) is 0 Å². The SMILES string of the molecule is CC[C@H]1CC2C(CC[C@@]3(C)C2CC[C@@H]3[C@H](C)CC#N)[C@@]2(C)CC[C@@H](O)CC12. The van der Waals surface area contributed by atoms with Crippen molar-refractivity contribution in [2.75, 3.05) is 0 Å². The number of fused-ring (bicyclic) bond motifs is 5. The Morgan fingerprint density at radius 3 is 2.41 bits per heavy atom. The molecule has 0 amide bonds. The summed E-state index contributed by atoms with van der Waals surface area (Å²) >= 11 is 0. The summed E-state index contributed by atoms with van der Waals surface area (Å²) < 4.78 is 0. The van der Waals surface area contributed by atoms with Gasteiger partial charge in [0.15, 0.2) is 0 Å². The van der Waals surface area contributed by atoms with Crippen molar-refractivity contribution in [3.63, 3.8) is 0 Å². The number of hydrogen-bond acceptors (Lipinski definition) is 2. The molecule has 4 rings (SSSR count). The summed E-state index contributed by atoms with van der Waals surface area (Å²) in [5, 5.41) is 19.6. The average Bonchev–Trinajstić information content (AvgIpc) is 2.99. The van der Waals surface area contributed by atoms with Gasteiger partial charge in [-0.05, 0) is 104 Å². The minimum atomic E-state index is -0.0507. The average molecular weight is 372 g/mol. The topological polar surface area (TPSA) is 44.0 Å². The maximum Gasteiger partial charge on any atom is 0.0624 e. The molecular formula is C25H41NO. The summed E-state index contributed by atoms with van der Waals surface area (Å²) in [5.41, 5.74) is 0.924. The standard InChI is InChI=1S/C25H41NO/c1-5-17-14-19-21-7-6-20(16(2)10-13-26)24(21,3)12-9-22(19)25(4)11-8-18(27)15-23(17)25/h16-23,27H,5-12,14-15H2,1-4H3/t16-,17+,18-,19?,20-,21?,22?,23?,24-,25-/m1/s1. The summed E-state index contributed by atoms with van der Waals surface area (Å²) in [7, 11) is 0. The van der Waals surface area contributed by atoms with E-state index in [0.717, 1.165) is 54.8 Å². The van der Waals surface area contributed by atoms with Crippen LogP contribution in [0.4, 0.5) is 0 Å². The molecule has 4 unspecified atom stereocenters. The molecule has 0 aliphatic heterocycles. The van der Waals surface area contributed by atoms with Gasteiger partial charge >= 0.3 is 0 Å². The molecule has 0 spiro atoms. The Morgan fingerprint density at radius 1 is 1.00 bits per heavy atom. The van der Waals surface area contributed by atoms with Gasteiger partial charge in [0.05, 0.1) is 12.2 Å². The molecule has 0 heterocycles. The van der Waals surface area contributed by atoms with Crippen molar-refractivity contribution in [2.45, 2.75) is 98.0 Å². The molecule has 10 atom stereocenters. The molecule has 0 aromatic carbocycles. The van der Waals surface area contributed by atoms with Crippen molar-refractivity contribution in [3.05, 3.63) is 0 Å². The molecule has 27 heavy (non-hydrogen) atoms. The van der Waals surface area contributed by atoms with E-state index in [-0.39, 0.29) is 6.10 Å². The molecule has 0 aromatic heterocycles. The first-order valence-electron chi connectivity index (χ1n) is 11.9. The zero-order valence-corrected chi connectivity index (χ0v) is 18.1. The van der Waals surface area contributed by atoms with Crippen LogP contribution in [0.25, 0.3) is 0 Å². The van der Waals surface area contributed by atoms with Crippen LogP contribution >= 0.6 is 0 Å². The normalized spacial score (nSPS) is 53.0. The first kappa shape index (κ1) is 19.8. The highest BCUT2D eigenvalue weighted by Crippen LogP contribution is 2.69. The smallest absolute Gasteiger partial charge is 0.0624 e. The Morgan fingerprint density at radius 2 is 1.70 bits per heavy atom. The van der Waals surface area contributed by atoms with Crippen molar-refractivity contribution in [3.8, 4) is 6.07 Å². The van der Waals surface area contributed by atoms with Crippen LogP contribution in [-0.2, 0) is 0 Å². The first-order chi connectivity index (χ1) is 12.8. The quantitative estimate of drug-likeness (QED) is 0.642. The lowest BCUT2D eigenvalue weighted by molar-refractivity contribution is -0.152. The molecule has 4 saturated carbocycles. The fourth-order valence-electron chi connectivity index (χ4n) is 9.20. The number of aliphatic hydroxyl groups is 1. The Balaban J connectivity index is 1.63. The van der Waals surface area contributed by atoms with Gasteiger partial charge in [-0.1, -0.05) is 34.1 Å². The van der Waals surface area contributed by atoms with E-state index in [2.05, 4.69) is 33.8 Å². The minimum absolute atomic E-state index is 0.0507. The van der Waals surface area contributed by atoms with E-state index in [4.69, 9.17) is 0 Å². The zero-order chi connectivity index (χ0) is 19.4. The summed E-state index contributed by atoms with van der Waals surface area (Å²) in [6.07, 6.45) is 12.2. The van der Waals surface area contributed by atoms with Crippen molar-refractivity contribution in [1.29, 1.82) is 5.26 Å². The lowest BCUT2D eigenvalue weighted by atomic mass is 9.42. The van der Waals surface area contributed by atoms with E-state index in [1.807, 2.05) is 0 Å². The number of rotatable bonds is 3. The highest BCUT2D eigenvalue weighted by atomic mass is 16.3. The summed E-state index contributed by atoms with van der Waals surface area (Å²) in [4.78, 5) is 0. The summed E-state index contributed by atoms with van der Waals surface area (Å²) in [5.74, 6) is 5.50. The van der Waals surface area contributed by atoms with Crippen molar-refractivity contribution in [2.24, 2.45) is 52.3 Å². The van der Waals surface area contributed by atoms with Gasteiger partial charge in [-0.2, -0.15) is 5.26 Å². The molecule has 4 fully saturated rings. The lowest BCUT2D eigenvalue weighted by Crippen LogP contribution is -2.56. The van der Waals surface area contributed by atoms with Crippen LogP contribution in [0.1, 0.15) is 91.9 Å². The molecule has 2 heteroatoms. The Labute approximate surface area is 167 Å². The molecule has 152 valence electrons. The fourth-order valence-corrected chi connectivity index (χ4v) is 9.20. The van der Waals surface area contributed by atoms with Gasteiger partial charge in [-0.25, -0.2) is 0 Å². The van der Waals surface area contributed by atoms with Gasteiger partial charge in [0, 0.05) is 6.42 Å². The Bertz CT molecular complexity index is 596. The third kappa shape index (κ3) is 2.90. The van der Waals surface area contributed by atoms with Gasteiger partial charge < -0.3 is 5.11 Å². The van der Waals surface area contributed by atoms with Crippen LogP contribution < -0.4 is 0 Å². The second-order valence-electron chi connectivity index (χ2n) is 11.4. The lowest BCUT2D eigenvalue weighted by Gasteiger charge is -2.63. The van der Waals surface area contributed by atoms with Crippen LogP contribution in [-0.4, -0.2) is 11.2 Å². The fraction of sp³-hybridized carbons (Fsp3) is 0.960. The van der Waals surface area contributed by atoms with Crippen LogP contribution in [0.5, 0.6) is 0 Å². The van der Waals surface area contributed by atoms with Gasteiger partial charge in [-0.15, -0.1) is 0 Å². The van der Waals surface area contributed by atoms with Gasteiger partial charge in [0.2, 0.25) is 0 Å². The summed E-state index contributed by atoms with van der Waals surface area (Å²) in [6.45, 7) is 9.93. The maximum absolute atomic E-state index is 10.4. The highest BCUT2D eigenvalue weighted by molar-refractivity contribution is 5.11. The Kier molecular flexibility index (Phi) is 5.16. The molecule has 0 bridgehead atoms. The van der Waals surface area contributed by atoms with Crippen LogP contribution in [0, 0.1) is 63.6 Å². The number of hydrogen-bond donors (Lipinski definition) is 1.